The van der Waals surface area contributed by atoms with Gasteiger partial charge in [0.25, 0.3) is 0 Å². The van der Waals surface area contributed by atoms with Crippen LogP contribution in [0.2, 0.25) is 0 Å². The molecule has 0 N–H and O–H groups in total. The highest BCUT2D eigenvalue weighted by Crippen LogP contribution is 2.31. The number of hydrogen-bond acceptors (Lipinski definition) is 7. The van der Waals surface area contributed by atoms with Crippen molar-refractivity contribution in [3.63, 3.8) is 0 Å². The first-order valence-corrected chi connectivity index (χ1v) is 7.05. The smallest absolute Gasteiger partial charge is 0.303 e. The molecule has 1 aliphatic heterocycles. The lowest BCUT2D eigenvalue weighted by Crippen LogP contribution is -2.58. The van der Waals surface area contributed by atoms with E-state index in [1.165, 1.54) is 6.92 Å². The maximum absolute atomic E-state index is 14.1. The Morgan fingerprint density at radius 1 is 1.05 bits per heavy atom. The van der Waals surface area contributed by atoms with Gasteiger partial charge in [0, 0.05) is 20.8 Å². The molecule has 0 saturated carbocycles. The first kappa shape index (κ1) is 17.8. The maximum Gasteiger partial charge on any atom is 0.303 e. The van der Waals surface area contributed by atoms with Crippen molar-refractivity contribution in [2.75, 3.05) is 6.61 Å². The lowest BCUT2D eigenvalue weighted by Gasteiger charge is -2.40. The molecule has 0 aromatic rings. The monoisotopic (exact) mass is 370 g/mol. The fourth-order valence-electron chi connectivity index (χ4n) is 1.85. The second-order valence-electron chi connectivity index (χ2n) is 4.42. The normalized spacial score (nSPS) is 32.1. The van der Waals surface area contributed by atoms with Gasteiger partial charge >= 0.3 is 17.9 Å². The summed E-state index contributed by atoms with van der Waals surface area (Å²) in [5.74, 6) is -2.00. The Hall–Kier alpha value is -1.22. The van der Waals surface area contributed by atoms with Gasteiger partial charge in [-0.25, -0.2) is 4.39 Å². The Kier molecular flexibility index (Phi) is 6.53. The molecule has 0 amide bonds. The minimum atomic E-state index is -1.74. The summed E-state index contributed by atoms with van der Waals surface area (Å²) >= 11 is 2.96. The van der Waals surface area contributed by atoms with Crippen LogP contribution in [0.5, 0.6) is 0 Å². The van der Waals surface area contributed by atoms with Crippen LogP contribution in [0, 0.1) is 0 Å². The van der Waals surface area contributed by atoms with Gasteiger partial charge < -0.3 is 18.9 Å². The van der Waals surface area contributed by atoms with Gasteiger partial charge in [0.05, 0.1) is 0 Å². The van der Waals surface area contributed by atoms with E-state index in [1.807, 2.05) is 0 Å². The quantitative estimate of drug-likeness (QED) is 0.412. The minimum absolute atomic E-state index is 0.264. The molecule has 120 valence electrons. The SMILES string of the molecule is CC(=O)OC[C@H]1O[C@H](Br)[C@H](F)[C@@H](OC(C)=O)[C@H]1OC(C)=O. The van der Waals surface area contributed by atoms with E-state index < -0.39 is 47.4 Å². The van der Waals surface area contributed by atoms with E-state index in [9.17, 15) is 18.8 Å². The molecule has 1 fully saturated rings. The number of esters is 3. The van der Waals surface area contributed by atoms with Crippen molar-refractivity contribution in [2.45, 2.75) is 50.3 Å². The number of carbonyl (C=O) groups excluding carboxylic acids is 3. The summed E-state index contributed by atoms with van der Waals surface area (Å²) < 4.78 is 34.0. The molecule has 9 heteroatoms. The van der Waals surface area contributed by atoms with Crippen molar-refractivity contribution >= 4 is 33.8 Å². The Labute approximate surface area is 129 Å². The molecule has 0 spiro atoms. The molecule has 5 atom stereocenters. The first-order chi connectivity index (χ1) is 9.72. The van der Waals surface area contributed by atoms with Crippen LogP contribution in [0.1, 0.15) is 20.8 Å². The lowest BCUT2D eigenvalue weighted by atomic mass is 10.0. The van der Waals surface area contributed by atoms with Crippen LogP contribution in [0.3, 0.4) is 0 Å². The van der Waals surface area contributed by atoms with Gasteiger partial charge in [-0.15, -0.1) is 0 Å². The molecule has 0 bridgehead atoms. The number of rotatable bonds is 4. The Balaban J connectivity index is 2.94. The van der Waals surface area contributed by atoms with E-state index in [1.54, 1.807) is 0 Å². The fourth-order valence-corrected chi connectivity index (χ4v) is 2.43. The summed E-state index contributed by atoms with van der Waals surface area (Å²) in [4.78, 5) is 33.1. The van der Waals surface area contributed by atoms with Crippen molar-refractivity contribution in [2.24, 2.45) is 0 Å². The molecule has 0 radical (unpaired) electrons. The molecule has 21 heavy (non-hydrogen) atoms. The summed E-state index contributed by atoms with van der Waals surface area (Å²) in [5, 5.41) is -1.09. The number of halogens is 2. The van der Waals surface area contributed by atoms with E-state index in [-0.39, 0.29) is 6.61 Å². The van der Waals surface area contributed by atoms with Gasteiger partial charge in [-0.2, -0.15) is 0 Å². The number of hydrogen-bond donors (Lipinski definition) is 0. The molecular weight excluding hydrogens is 355 g/mol. The van der Waals surface area contributed by atoms with Gasteiger partial charge in [-0.3, -0.25) is 14.4 Å². The summed E-state index contributed by atoms with van der Waals surface area (Å²) in [5.41, 5.74) is 0. The van der Waals surface area contributed by atoms with Crippen molar-refractivity contribution < 1.29 is 37.7 Å². The Bertz CT molecular complexity index is 416. The van der Waals surface area contributed by atoms with E-state index >= 15 is 0 Å². The van der Waals surface area contributed by atoms with Crippen LogP contribution in [0.25, 0.3) is 0 Å². The second kappa shape index (κ2) is 7.69. The Morgan fingerprint density at radius 2 is 1.57 bits per heavy atom. The van der Waals surface area contributed by atoms with Crippen molar-refractivity contribution in [3.8, 4) is 0 Å². The molecule has 1 rings (SSSR count). The molecule has 7 nitrogen and oxygen atoms in total. The zero-order valence-electron chi connectivity index (χ0n) is 11.7. The van der Waals surface area contributed by atoms with Crippen molar-refractivity contribution in [3.05, 3.63) is 0 Å². The van der Waals surface area contributed by atoms with Gasteiger partial charge in [0.1, 0.15) is 17.7 Å². The summed E-state index contributed by atoms with van der Waals surface area (Å²) in [6, 6.07) is 0. The number of carbonyl (C=O) groups is 3. The molecule has 0 aromatic heterocycles. The van der Waals surface area contributed by atoms with Crippen LogP contribution in [-0.4, -0.2) is 54.0 Å². The lowest BCUT2D eigenvalue weighted by molar-refractivity contribution is -0.220. The standard InChI is InChI=1S/C12H16BrFO7/c1-5(15)18-4-8-10(19-6(2)16)11(20-7(3)17)9(14)12(13)21-8/h8-12H,4H2,1-3H3/t8-,9-,10+,11-,12+/m1/s1. The fraction of sp³-hybridized carbons (Fsp3) is 0.750. The van der Waals surface area contributed by atoms with Crippen molar-refractivity contribution in [1.82, 2.24) is 0 Å². The highest BCUT2D eigenvalue weighted by Gasteiger charge is 2.50. The molecular formula is C12H16BrFO7. The van der Waals surface area contributed by atoms with Crippen LogP contribution >= 0.6 is 15.9 Å². The molecule has 1 saturated heterocycles. The van der Waals surface area contributed by atoms with Gasteiger partial charge in [-0.1, -0.05) is 15.9 Å². The predicted octanol–water partition coefficient (Wildman–Crippen LogP) is 0.871. The summed E-state index contributed by atoms with van der Waals surface area (Å²) in [7, 11) is 0. The Morgan fingerprint density at radius 3 is 2.05 bits per heavy atom. The molecule has 1 aliphatic rings. The zero-order chi connectivity index (χ0) is 16.2. The van der Waals surface area contributed by atoms with E-state index in [4.69, 9.17) is 18.9 Å². The third-order valence-electron chi connectivity index (χ3n) is 2.61. The van der Waals surface area contributed by atoms with E-state index in [0.29, 0.717) is 0 Å². The average Bonchev–Trinajstić information content (AvgIpc) is 2.35. The highest BCUT2D eigenvalue weighted by atomic mass is 79.9. The van der Waals surface area contributed by atoms with Crippen LogP contribution < -0.4 is 0 Å². The number of alkyl halides is 2. The maximum atomic E-state index is 14.1. The third kappa shape index (κ3) is 5.24. The first-order valence-electron chi connectivity index (χ1n) is 6.13. The average molecular weight is 371 g/mol. The van der Waals surface area contributed by atoms with Gasteiger partial charge in [-0.05, 0) is 0 Å². The van der Waals surface area contributed by atoms with E-state index in [0.717, 1.165) is 13.8 Å². The zero-order valence-corrected chi connectivity index (χ0v) is 13.3. The predicted molar refractivity (Wildman–Crippen MR) is 70.2 cm³/mol. The molecule has 0 unspecified atom stereocenters. The minimum Gasteiger partial charge on any atom is -0.463 e. The van der Waals surface area contributed by atoms with Crippen molar-refractivity contribution in [1.29, 1.82) is 0 Å². The van der Waals surface area contributed by atoms with Crippen LogP contribution in [0.15, 0.2) is 0 Å². The van der Waals surface area contributed by atoms with E-state index in [2.05, 4.69) is 15.9 Å². The highest BCUT2D eigenvalue weighted by molar-refractivity contribution is 9.09. The summed E-state index contributed by atoms with van der Waals surface area (Å²) in [6.07, 6.45) is -5.27. The topological polar surface area (TPSA) is 88.1 Å². The van der Waals surface area contributed by atoms with Gasteiger partial charge in [0.15, 0.2) is 18.4 Å². The van der Waals surface area contributed by atoms with Crippen LogP contribution in [0.4, 0.5) is 4.39 Å². The summed E-state index contributed by atoms with van der Waals surface area (Å²) in [6.45, 7) is 3.16. The second-order valence-corrected chi connectivity index (χ2v) is 5.32. The van der Waals surface area contributed by atoms with Crippen LogP contribution in [-0.2, 0) is 33.3 Å². The molecule has 0 aromatic carbocycles. The van der Waals surface area contributed by atoms with Gasteiger partial charge in [0.2, 0.25) is 0 Å². The largest absolute Gasteiger partial charge is 0.463 e. The molecule has 1 heterocycles. The number of ether oxygens (including phenoxy) is 4. The third-order valence-corrected chi connectivity index (χ3v) is 3.34. The molecule has 0 aliphatic carbocycles.